The van der Waals surface area contributed by atoms with Gasteiger partial charge in [0, 0.05) is 32.1 Å². The van der Waals surface area contributed by atoms with Gasteiger partial charge in [0.25, 0.3) is 5.91 Å². The molecule has 4 fully saturated rings. The predicted molar refractivity (Wildman–Crippen MR) is 164 cm³/mol. The Kier molecular flexibility index (Phi) is 9.10. The monoisotopic (exact) mass is 661 g/mol. The van der Waals surface area contributed by atoms with Gasteiger partial charge in [-0.05, 0) is 98.6 Å². The summed E-state index contributed by atoms with van der Waals surface area (Å²) < 4.78 is 59.2. The second-order valence-electron chi connectivity index (χ2n) is 13.8. The lowest BCUT2D eigenvalue weighted by molar-refractivity contribution is -0.281. The number of para-hydroxylation sites is 1. The number of hydrogen-bond donors (Lipinski definition) is 3. The number of carbonyl (C=O) groups is 2. The van der Waals surface area contributed by atoms with Crippen molar-refractivity contribution in [2.75, 3.05) is 19.5 Å². The standard InChI is InChI=1S/C35H42F3NO8/c1-19-14-26-29(44-2)18-33(42,34(19,43)30(26)45-3)23-16-20-8-13-28(22(15-20)17-23)46-32(41)25-6-4-5-7-27(25)39-31(40)21-9-11-24(12-10-21)47-35(36,37)38/h4-7,9-12,19-20,22-23,26,28-30,42-43H,8,13-18H2,1-3H3,(H,39,40)/t19?,20-,22?,23+,26+,28-,29?,30-,33-,34-/m0/s1. The molecule has 3 unspecified atom stereocenters. The van der Waals surface area contributed by atoms with Crippen LogP contribution >= 0.6 is 0 Å². The SMILES string of the molecule is COC1C[C@](O)([C@H]2CC3C[C@H](CC[C@@H]3OC(=O)c3ccccc3NC(=O)c3ccc(OC(F)(F)F)cc3)C2)[C@]2(O)C(C)C[C@H]1[C@@H]2OC. The molecule has 4 aliphatic carbocycles. The molecule has 4 bridgehead atoms. The number of hydrogen-bond acceptors (Lipinski definition) is 8. The first-order valence-corrected chi connectivity index (χ1v) is 16.2. The summed E-state index contributed by atoms with van der Waals surface area (Å²) >= 11 is 0. The Labute approximate surface area is 271 Å². The molecule has 0 spiro atoms. The summed E-state index contributed by atoms with van der Waals surface area (Å²) in [5, 5.41) is 27.3. The zero-order valence-corrected chi connectivity index (χ0v) is 26.7. The Hall–Kier alpha value is -3.19. The van der Waals surface area contributed by atoms with E-state index >= 15 is 0 Å². The lowest BCUT2D eigenvalue weighted by Gasteiger charge is -2.58. The van der Waals surface area contributed by atoms with Crippen LogP contribution in [0.4, 0.5) is 18.9 Å². The Morgan fingerprint density at radius 3 is 2.32 bits per heavy atom. The highest BCUT2D eigenvalue weighted by Gasteiger charge is 2.71. The molecule has 3 N–H and O–H groups in total. The highest BCUT2D eigenvalue weighted by atomic mass is 19.4. The number of halogens is 3. The first kappa shape index (κ1) is 33.7. The third-order valence-corrected chi connectivity index (χ3v) is 11.3. The molecule has 2 aromatic rings. The normalized spacial score (nSPS) is 36.4. The van der Waals surface area contributed by atoms with E-state index in [0.29, 0.717) is 31.6 Å². The number of nitrogens with one attached hydrogen (secondary N) is 1. The van der Waals surface area contributed by atoms with Crippen LogP contribution < -0.4 is 10.1 Å². The fourth-order valence-corrected chi connectivity index (χ4v) is 9.24. The third-order valence-electron chi connectivity index (χ3n) is 11.3. The van der Waals surface area contributed by atoms with Crippen LogP contribution in [-0.4, -0.2) is 72.2 Å². The fourth-order valence-electron chi connectivity index (χ4n) is 9.24. The second-order valence-corrected chi connectivity index (χ2v) is 13.8. The summed E-state index contributed by atoms with van der Waals surface area (Å²) in [5.74, 6) is -1.83. The van der Waals surface area contributed by atoms with Crippen molar-refractivity contribution in [2.45, 2.75) is 87.7 Å². The Morgan fingerprint density at radius 2 is 1.64 bits per heavy atom. The lowest BCUT2D eigenvalue weighted by atomic mass is 9.55. The highest BCUT2D eigenvalue weighted by Crippen LogP contribution is 2.61. The first-order valence-electron chi connectivity index (χ1n) is 16.2. The summed E-state index contributed by atoms with van der Waals surface area (Å²) in [6, 6.07) is 10.9. The maximum atomic E-state index is 13.6. The van der Waals surface area contributed by atoms with Crippen LogP contribution in [-0.2, 0) is 14.2 Å². The van der Waals surface area contributed by atoms with Crippen molar-refractivity contribution in [2.24, 2.45) is 29.6 Å². The molecule has 4 saturated carbocycles. The Balaban J connectivity index is 1.16. The number of esters is 1. The summed E-state index contributed by atoms with van der Waals surface area (Å²) in [4.78, 5) is 26.5. The molecule has 0 saturated heterocycles. The Bertz CT molecular complexity index is 1470. The molecule has 0 aliphatic heterocycles. The quantitative estimate of drug-likeness (QED) is 0.306. The zero-order valence-electron chi connectivity index (χ0n) is 26.7. The second kappa shape index (κ2) is 12.7. The summed E-state index contributed by atoms with van der Waals surface area (Å²) in [7, 11) is 3.22. The van der Waals surface area contributed by atoms with Gasteiger partial charge < -0.3 is 34.5 Å². The van der Waals surface area contributed by atoms with Crippen LogP contribution in [0.25, 0.3) is 0 Å². The van der Waals surface area contributed by atoms with Gasteiger partial charge in [-0.1, -0.05) is 19.1 Å². The minimum absolute atomic E-state index is 0.00890. The van der Waals surface area contributed by atoms with Crippen LogP contribution in [0.15, 0.2) is 48.5 Å². The van der Waals surface area contributed by atoms with E-state index < -0.39 is 47.4 Å². The van der Waals surface area contributed by atoms with E-state index in [1.165, 1.54) is 12.1 Å². The number of carbonyl (C=O) groups excluding carboxylic acids is 2. The summed E-state index contributed by atoms with van der Waals surface area (Å²) in [6.07, 6.45) is -1.40. The van der Waals surface area contributed by atoms with E-state index in [0.717, 1.165) is 31.4 Å². The predicted octanol–water partition coefficient (Wildman–Crippen LogP) is 5.74. The van der Waals surface area contributed by atoms with Crippen molar-refractivity contribution < 1.29 is 51.9 Å². The molecule has 0 heterocycles. The van der Waals surface area contributed by atoms with Crippen molar-refractivity contribution in [3.63, 3.8) is 0 Å². The smallest absolute Gasteiger partial charge is 0.458 e. The van der Waals surface area contributed by atoms with Gasteiger partial charge in [0.2, 0.25) is 0 Å². The van der Waals surface area contributed by atoms with Gasteiger partial charge in [-0.15, -0.1) is 13.2 Å². The average molecular weight is 662 g/mol. The first-order chi connectivity index (χ1) is 22.3. The topological polar surface area (TPSA) is 124 Å². The van der Waals surface area contributed by atoms with Gasteiger partial charge in [-0.25, -0.2) is 4.79 Å². The lowest BCUT2D eigenvalue weighted by Crippen LogP contribution is -2.71. The number of methoxy groups -OCH3 is 2. The van der Waals surface area contributed by atoms with Crippen LogP contribution in [0.2, 0.25) is 0 Å². The van der Waals surface area contributed by atoms with Crippen LogP contribution in [0.5, 0.6) is 5.75 Å². The molecular weight excluding hydrogens is 619 g/mol. The number of ether oxygens (including phenoxy) is 4. The molecule has 0 aromatic heterocycles. The molecule has 256 valence electrons. The molecule has 2 aromatic carbocycles. The van der Waals surface area contributed by atoms with E-state index in [1.54, 1.807) is 38.5 Å². The van der Waals surface area contributed by atoms with Gasteiger partial charge >= 0.3 is 12.3 Å². The van der Waals surface area contributed by atoms with Crippen LogP contribution in [0.3, 0.4) is 0 Å². The van der Waals surface area contributed by atoms with E-state index in [-0.39, 0.29) is 46.6 Å². The fraction of sp³-hybridized carbons (Fsp3) is 0.600. The number of amides is 1. The van der Waals surface area contributed by atoms with Crippen molar-refractivity contribution in [3.05, 3.63) is 59.7 Å². The van der Waals surface area contributed by atoms with E-state index in [1.807, 2.05) is 6.92 Å². The minimum atomic E-state index is -4.85. The molecule has 9 nitrogen and oxygen atoms in total. The number of fused-ring (bicyclic) bond motifs is 4. The van der Waals surface area contributed by atoms with E-state index in [4.69, 9.17) is 14.2 Å². The molecule has 6 rings (SSSR count). The molecule has 10 atom stereocenters. The van der Waals surface area contributed by atoms with Crippen molar-refractivity contribution >= 4 is 17.6 Å². The van der Waals surface area contributed by atoms with Gasteiger partial charge in [0.05, 0.1) is 23.5 Å². The van der Waals surface area contributed by atoms with E-state index in [9.17, 15) is 33.0 Å². The van der Waals surface area contributed by atoms with Gasteiger partial charge in [0.1, 0.15) is 23.1 Å². The maximum Gasteiger partial charge on any atom is 0.573 e. The maximum absolute atomic E-state index is 13.6. The molecule has 4 aliphatic rings. The average Bonchev–Trinajstić information content (AvgIpc) is 3.26. The number of anilines is 1. The largest absolute Gasteiger partial charge is 0.573 e. The van der Waals surface area contributed by atoms with Crippen LogP contribution in [0, 0.1) is 29.6 Å². The molecule has 1 amide bonds. The molecule has 12 heteroatoms. The number of rotatable bonds is 8. The van der Waals surface area contributed by atoms with Crippen molar-refractivity contribution in [1.82, 2.24) is 0 Å². The van der Waals surface area contributed by atoms with Crippen molar-refractivity contribution in [1.29, 1.82) is 0 Å². The van der Waals surface area contributed by atoms with Crippen LogP contribution in [0.1, 0.15) is 72.6 Å². The summed E-state index contributed by atoms with van der Waals surface area (Å²) in [5.41, 5.74) is -2.44. The molecule has 0 radical (unpaired) electrons. The number of aliphatic hydroxyl groups is 2. The number of alkyl halides is 3. The van der Waals surface area contributed by atoms with Gasteiger partial charge in [-0.2, -0.15) is 0 Å². The number of benzene rings is 2. The molecular formula is C35H42F3NO8. The van der Waals surface area contributed by atoms with Crippen molar-refractivity contribution in [3.8, 4) is 5.75 Å². The van der Waals surface area contributed by atoms with E-state index in [2.05, 4.69) is 10.1 Å². The van der Waals surface area contributed by atoms with Gasteiger partial charge in [0.15, 0.2) is 0 Å². The molecule has 47 heavy (non-hydrogen) atoms. The summed E-state index contributed by atoms with van der Waals surface area (Å²) in [6.45, 7) is 1.97. The highest BCUT2D eigenvalue weighted by molar-refractivity contribution is 6.08. The van der Waals surface area contributed by atoms with Gasteiger partial charge in [-0.3, -0.25) is 4.79 Å². The zero-order chi connectivity index (χ0) is 33.7. The Morgan fingerprint density at radius 1 is 0.915 bits per heavy atom. The minimum Gasteiger partial charge on any atom is -0.458 e. The third kappa shape index (κ3) is 6.13.